The molecule has 1 fully saturated rings. The number of nitrogens with zero attached hydrogens (tertiary/aromatic N) is 2. The van der Waals surface area contributed by atoms with Crippen LogP contribution in [0.15, 0.2) is 59.0 Å². The lowest BCUT2D eigenvalue weighted by Gasteiger charge is -2.29. The molecule has 0 spiro atoms. The van der Waals surface area contributed by atoms with Crippen LogP contribution in [0.3, 0.4) is 0 Å². The van der Waals surface area contributed by atoms with E-state index in [0.29, 0.717) is 59.5 Å². The van der Waals surface area contributed by atoms with Gasteiger partial charge in [0.2, 0.25) is 0 Å². The van der Waals surface area contributed by atoms with Crippen molar-refractivity contribution in [2.75, 3.05) is 70.1 Å². The van der Waals surface area contributed by atoms with Crippen LogP contribution in [0.5, 0.6) is 11.5 Å². The number of ether oxygens (including phenoxy) is 3. The topological polar surface area (TPSA) is 164 Å². The number of fused-ring (bicyclic) bond motifs is 5. The Kier molecular flexibility index (Phi) is 10.7. The van der Waals surface area contributed by atoms with E-state index in [4.69, 9.17) is 30.2 Å². The Balaban J connectivity index is 0.00000512. The van der Waals surface area contributed by atoms with E-state index in [2.05, 4.69) is 15.3 Å². The fourth-order valence-electron chi connectivity index (χ4n) is 7.46. The second kappa shape index (κ2) is 15.4. The fraction of sp³-hybridized carbons (Fsp3) is 0.282. The van der Waals surface area contributed by atoms with Gasteiger partial charge in [-0.05, 0) is 48.0 Å². The number of halogens is 5. The lowest BCUT2D eigenvalue weighted by Crippen LogP contribution is -3.12. The Morgan fingerprint density at radius 1 is 1.00 bits per heavy atom. The van der Waals surface area contributed by atoms with Crippen LogP contribution in [0.4, 0.5) is 29.3 Å². The number of likely N-dealkylation sites (N-methyl/N-ethyl adjacent to an activating group) is 1. The standard InChI is InChI=1S/C39H34ClF3N6O8.ClH/c1-47-8-10-48(11-9-47)38(53)57-28-16-26-30(31-32(37(52)55-3)34(39(41,42)43)46-33(28)31)21(17-40)18-49(26)36(51)25-13-20-12-22(5-7-24(20)45-25)44-35(50)29-14-19-4-6-23(54-2)15-27(19)56-29;/h4-7,12-16,21,45-46H,8-11,17-18H2,1-3H3,(H,44,50);1H/t21-;/m1./s1. The predicted octanol–water partition coefficient (Wildman–Crippen LogP) is 2.78. The van der Waals surface area contributed by atoms with Gasteiger partial charge in [0.25, 0.3) is 11.8 Å². The van der Waals surface area contributed by atoms with Crippen LogP contribution in [0.25, 0.3) is 32.8 Å². The molecule has 1 saturated heterocycles. The van der Waals surface area contributed by atoms with Gasteiger partial charge in [0.1, 0.15) is 22.7 Å². The number of rotatable bonds is 7. The number of aromatic nitrogens is 2. The summed E-state index contributed by atoms with van der Waals surface area (Å²) in [6, 6.07) is 14.7. The summed E-state index contributed by atoms with van der Waals surface area (Å²) in [7, 11) is 4.46. The van der Waals surface area contributed by atoms with Gasteiger partial charge in [-0.2, -0.15) is 13.2 Å². The van der Waals surface area contributed by atoms with Gasteiger partial charge in [-0.1, -0.05) is 0 Å². The Labute approximate surface area is 338 Å². The first kappa shape index (κ1) is 40.3. The molecular formula is C39H35Cl2F3N6O8. The zero-order valence-electron chi connectivity index (χ0n) is 31.1. The number of carbonyl (C=O) groups is 4. The van der Waals surface area contributed by atoms with Crippen LogP contribution in [-0.4, -0.2) is 98.6 Å². The third-order valence-electron chi connectivity index (χ3n) is 10.4. The summed E-state index contributed by atoms with van der Waals surface area (Å²) in [5.74, 6) is -2.87. The molecule has 6 aromatic rings. The number of alkyl halides is 4. The van der Waals surface area contributed by atoms with Crippen molar-refractivity contribution in [3.05, 3.63) is 82.9 Å². The summed E-state index contributed by atoms with van der Waals surface area (Å²) in [5, 5.41) is 3.87. The first-order valence-corrected chi connectivity index (χ1v) is 18.4. The Morgan fingerprint density at radius 2 is 1.76 bits per heavy atom. The molecule has 304 valence electrons. The van der Waals surface area contributed by atoms with Crippen LogP contribution >= 0.6 is 11.6 Å². The maximum Gasteiger partial charge on any atom is 0.432 e. The number of aromatic amines is 2. The number of amides is 3. The van der Waals surface area contributed by atoms with E-state index in [1.165, 1.54) is 27.9 Å². The molecule has 5 heterocycles. The van der Waals surface area contributed by atoms with E-state index in [-0.39, 0.29) is 64.2 Å². The zero-order chi connectivity index (χ0) is 40.3. The van der Waals surface area contributed by atoms with Crippen LogP contribution in [0.1, 0.15) is 48.6 Å². The zero-order valence-corrected chi connectivity index (χ0v) is 32.6. The Bertz CT molecular complexity index is 2610. The molecule has 58 heavy (non-hydrogen) atoms. The molecule has 19 heteroatoms. The summed E-state index contributed by atoms with van der Waals surface area (Å²) in [5.41, 5.74) is -0.627. The second-order valence-corrected chi connectivity index (χ2v) is 14.3. The summed E-state index contributed by atoms with van der Waals surface area (Å²) < 4.78 is 65.2. The number of benzene rings is 3. The van der Waals surface area contributed by atoms with Crippen LogP contribution in [-0.2, 0) is 10.9 Å². The molecule has 1 atom stereocenters. The number of nitrogens with one attached hydrogen (secondary N) is 4. The minimum absolute atomic E-state index is 0. The van der Waals surface area contributed by atoms with Gasteiger partial charge in [0.05, 0.1) is 64.2 Å². The van der Waals surface area contributed by atoms with Crippen LogP contribution in [0, 0.1) is 0 Å². The SMILES string of the molecule is COC(=O)c1c(C(F)(F)F)[nH]c2c(OC(=O)N3CC[NH+](C)CC3)cc3c(c12)[C@H](CCl)CN3C(=O)c1cc2cc(NC(=O)c3cc4ccc(OC)cc4o3)ccc2[nH]1.[Cl-]. The molecule has 3 amide bonds. The number of methoxy groups -OCH3 is 2. The summed E-state index contributed by atoms with van der Waals surface area (Å²) in [6.07, 6.45) is -5.83. The van der Waals surface area contributed by atoms with Gasteiger partial charge in [0.15, 0.2) is 11.5 Å². The molecule has 8 rings (SSSR count). The first-order chi connectivity index (χ1) is 27.3. The normalized spacial score (nSPS) is 15.7. The van der Waals surface area contributed by atoms with Crippen molar-refractivity contribution in [1.29, 1.82) is 0 Å². The number of carbonyl (C=O) groups excluding carboxylic acids is 4. The number of H-pyrrole nitrogens is 2. The lowest BCUT2D eigenvalue weighted by atomic mass is 9.95. The van der Waals surface area contributed by atoms with Crippen molar-refractivity contribution < 1.29 is 68.3 Å². The quantitative estimate of drug-likeness (QED) is 0.141. The number of hydrogen-bond acceptors (Lipinski definition) is 8. The highest BCUT2D eigenvalue weighted by Gasteiger charge is 2.44. The van der Waals surface area contributed by atoms with Gasteiger partial charge >= 0.3 is 18.2 Å². The summed E-state index contributed by atoms with van der Waals surface area (Å²) >= 11 is 6.42. The predicted molar refractivity (Wildman–Crippen MR) is 203 cm³/mol. The van der Waals surface area contributed by atoms with E-state index in [1.807, 2.05) is 7.05 Å². The van der Waals surface area contributed by atoms with Crippen molar-refractivity contribution in [1.82, 2.24) is 14.9 Å². The third-order valence-corrected chi connectivity index (χ3v) is 10.8. The maximum absolute atomic E-state index is 14.5. The molecule has 0 radical (unpaired) electrons. The molecule has 0 saturated carbocycles. The molecule has 2 aliphatic rings. The third kappa shape index (κ3) is 7.13. The molecule has 0 bridgehead atoms. The van der Waals surface area contributed by atoms with Crippen molar-refractivity contribution in [2.24, 2.45) is 0 Å². The van der Waals surface area contributed by atoms with E-state index in [9.17, 15) is 32.3 Å². The Morgan fingerprint density at radius 3 is 2.45 bits per heavy atom. The van der Waals surface area contributed by atoms with Gasteiger partial charge in [-0.15, -0.1) is 11.6 Å². The van der Waals surface area contributed by atoms with Gasteiger partial charge in [0, 0.05) is 57.8 Å². The number of esters is 1. The van der Waals surface area contributed by atoms with E-state index in [0.717, 1.165) is 7.11 Å². The number of piperazine rings is 1. The second-order valence-electron chi connectivity index (χ2n) is 14.0. The summed E-state index contributed by atoms with van der Waals surface area (Å²) in [4.78, 5) is 63.4. The van der Waals surface area contributed by atoms with Crippen molar-refractivity contribution in [3.63, 3.8) is 0 Å². The number of anilines is 2. The maximum atomic E-state index is 14.5. The first-order valence-electron chi connectivity index (χ1n) is 17.8. The number of quaternary nitrogens is 1. The molecule has 14 nitrogen and oxygen atoms in total. The molecule has 2 aliphatic heterocycles. The van der Waals surface area contributed by atoms with E-state index >= 15 is 0 Å². The van der Waals surface area contributed by atoms with Gasteiger partial charge in [-0.25, -0.2) is 9.59 Å². The fourth-order valence-corrected chi connectivity index (χ4v) is 7.72. The molecule has 4 N–H and O–H groups in total. The van der Waals surface area contributed by atoms with Crippen molar-refractivity contribution in [3.8, 4) is 11.5 Å². The number of furan rings is 1. The molecule has 3 aromatic heterocycles. The van der Waals surface area contributed by atoms with Crippen molar-refractivity contribution in [2.45, 2.75) is 12.1 Å². The average molecular weight is 844 g/mol. The smallest absolute Gasteiger partial charge is 0.432 e. The molecule has 0 unspecified atom stereocenters. The number of hydrogen-bond donors (Lipinski definition) is 4. The minimum atomic E-state index is -5.04. The van der Waals surface area contributed by atoms with Gasteiger partial charge in [-0.3, -0.25) is 14.5 Å². The van der Waals surface area contributed by atoms with Gasteiger partial charge < -0.3 is 56.1 Å². The molecule has 0 aliphatic carbocycles. The van der Waals surface area contributed by atoms with E-state index < -0.39 is 47.2 Å². The van der Waals surface area contributed by atoms with E-state index in [1.54, 1.807) is 48.5 Å². The van der Waals surface area contributed by atoms with Crippen LogP contribution in [0.2, 0.25) is 0 Å². The highest BCUT2D eigenvalue weighted by molar-refractivity contribution is 6.20. The Hall–Kier alpha value is -5.91. The van der Waals surface area contributed by atoms with Crippen molar-refractivity contribution >= 4 is 79.6 Å². The summed E-state index contributed by atoms with van der Waals surface area (Å²) in [6.45, 7) is 1.91. The monoisotopic (exact) mass is 842 g/mol. The highest BCUT2D eigenvalue weighted by Crippen LogP contribution is 2.50. The molecular weight excluding hydrogens is 808 g/mol. The average Bonchev–Trinajstić information content (AvgIpc) is 3.99. The lowest BCUT2D eigenvalue weighted by molar-refractivity contribution is -0.883. The largest absolute Gasteiger partial charge is 1.00 e. The van der Waals surface area contributed by atoms with Crippen LogP contribution < -0.4 is 37.0 Å². The minimum Gasteiger partial charge on any atom is -1.00 e. The molecule has 3 aromatic carbocycles. The highest BCUT2D eigenvalue weighted by atomic mass is 35.5.